The summed E-state index contributed by atoms with van der Waals surface area (Å²) < 4.78 is 20.4. The van der Waals surface area contributed by atoms with Crippen LogP contribution in [0.1, 0.15) is 12.5 Å². The second-order valence-electron chi connectivity index (χ2n) is 5.25. The van der Waals surface area contributed by atoms with Crippen LogP contribution in [0.4, 0.5) is 0 Å². The van der Waals surface area contributed by atoms with Crippen molar-refractivity contribution < 1.29 is 28.4 Å². The van der Waals surface area contributed by atoms with Gasteiger partial charge in [0.15, 0.2) is 5.75 Å². The fourth-order valence-electron chi connectivity index (χ4n) is 1.98. The number of phosphoric acid groups is 1. The Morgan fingerprint density at radius 2 is 1.39 bits per heavy atom. The average Bonchev–Trinajstić information content (AvgIpc) is 2.61. The van der Waals surface area contributed by atoms with E-state index in [9.17, 15) is 9.36 Å². The first-order valence-corrected chi connectivity index (χ1v) is 10.6. The summed E-state index contributed by atoms with van der Waals surface area (Å²) in [5.41, 5.74) is 1.05. The summed E-state index contributed by atoms with van der Waals surface area (Å²) >= 11 is 29.7. The average molecular weight is 506 g/mol. The standard InChI is InChI=1S/C16H10Cl5O6P/c1-7(8-2-4-9(5-3-8)27-28(23,24)25)6-10(22)26-16-14(20)12(18)11(17)13(19)15(16)21/h2-6H,1H3,(H2,23,24,25). The van der Waals surface area contributed by atoms with Crippen LogP contribution in [0, 0.1) is 0 Å². The van der Waals surface area contributed by atoms with Gasteiger partial charge in [-0.25, -0.2) is 9.36 Å². The normalized spacial score (nSPS) is 12.1. The first-order chi connectivity index (χ1) is 12.9. The van der Waals surface area contributed by atoms with Crippen LogP contribution in [0.2, 0.25) is 25.1 Å². The molecule has 0 heterocycles. The van der Waals surface area contributed by atoms with Crippen molar-refractivity contribution in [2.75, 3.05) is 0 Å². The molecule has 0 aromatic heterocycles. The van der Waals surface area contributed by atoms with E-state index < -0.39 is 13.8 Å². The molecular weight excluding hydrogens is 496 g/mol. The molecule has 6 nitrogen and oxygen atoms in total. The van der Waals surface area contributed by atoms with E-state index in [4.69, 9.17) is 72.5 Å². The van der Waals surface area contributed by atoms with Gasteiger partial charge in [-0.1, -0.05) is 70.1 Å². The molecule has 0 amide bonds. The first kappa shape index (κ1) is 23.3. The molecular formula is C16H10Cl5O6P. The second-order valence-corrected chi connectivity index (χ2v) is 8.31. The van der Waals surface area contributed by atoms with Crippen LogP contribution >= 0.6 is 65.8 Å². The number of hydrogen-bond acceptors (Lipinski definition) is 4. The van der Waals surface area contributed by atoms with E-state index in [0.717, 1.165) is 6.08 Å². The zero-order chi connectivity index (χ0) is 21.2. The van der Waals surface area contributed by atoms with Gasteiger partial charge in [0.25, 0.3) is 0 Å². The highest BCUT2D eigenvalue weighted by Crippen LogP contribution is 2.48. The molecule has 0 radical (unpaired) electrons. The van der Waals surface area contributed by atoms with Gasteiger partial charge < -0.3 is 9.26 Å². The van der Waals surface area contributed by atoms with Gasteiger partial charge in [-0.15, -0.1) is 0 Å². The third kappa shape index (κ3) is 5.78. The Hall–Kier alpha value is -0.950. The lowest BCUT2D eigenvalue weighted by molar-refractivity contribution is -0.128. The third-order valence-corrected chi connectivity index (χ3v) is 5.93. The molecule has 0 bridgehead atoms. The Morgan fingerprint density at radius 3 is 1.86 bits per heavy atom. The van der Waals surface area contributed by atoms with Crippen LogP contribution in [0.25, 0.3) is 5.57 Å². The van der Waals surface area contributed by atoms with E-state index in [0.29, 0.717) is 11.1 Å². The smallest absolute Gasteiger partial charge is 0.420 e. The molecule has 0 aliphatic carbocycles. The summed E-state index contributed by atoms with van der Waals surface area (Å²) in [6.45, 7) is 1.62. The van der Waals surface area contributed by atoms with Gasteiger partial charge in [-0.3, -0.25) is 9.79 Å². The largest absolute Gasteiger partial charge is 0.524 e. The van der Waals surface area contributed by atoms with Crippen molar-refractivity contribution in [1.29, 1.82) is 0 Å². The fourth-order valence-corrected chi connectivity index (χ4v) is 3.58. The van der Waals surface area contributed by atoms with E-state index in [2.05, 4.69) is 4.52 Å². The highest BCUT2D eigenvalue weighted by Gasteiger charge is 2.22. The van der Waals surface area contributed by atoms with Gasteiger partial charge in [0.05, 0.1) is 15.1 Å². The lowest BCUT2D eigenvalue weighted by Crippen LogP contribution is -2.06. The van der Waals surface area contributed by atoms with Crippen LogP contribution in [-0.4, -0.2) is 15.8 Å². The van der Waals surface area contributed by atoms with E-state index in [1.165, 1.54) is 24.3 Å². The topological polar surface area (TPSA) is 93.1 Å². The summed E-state index contributed by atoms with van der Waals surface area (Å²) in [5.74, 6) is -1.08. The Morgan fingerprint density at radius 1 is 0.929 bits per heavy atom. The van der Waals surface area contributed by atoms with Crippen LogP contribution in [0.5, 0.6) is 11.5 Å². The lowest BCUT2D eigenvalue weighted by Gasteiger charge is -2.12. The molecule has 150 valence electrons. The molecule has 0 fully saturated rings. The number of carbonyl (C=O) groups excluding carboxylic acids is 1. The number of hydrogen-bond donors (Lipinski definition) is 2. The maximum atomic E-state index is 12.2. The molecule has 0 spiro atoms. The Labute approximate surface area is 184 Å². The molecule has 0 unspecified atom stereocenters. The van der Waals surface area contributed by atoms with Gasteiger partial charge in [0, 0.05) is 6.08 Å². The van der Waals surface area contributed by atoms with Crippen molar-refractivity contribution >= 4 is 77.4 Å². The minimum absolute atomic E-state index is 0.0310. The van der Waals surface area contributed by atoms with E-state index in [-0.39, 0.29) is 36.6 Å². The molecule has 2 N–H and O–H groups in total. The Kier molecular flexibility index (Phi) is 7.70. The molecule has 2 aromatic carbocycles. The number of phosphoric ester groups is 1. The monoisotopic (exact) mass is 504 g/mol. The molecule has 28 heavy (non-hydrogen) atoms. The summed E-state index contributed by atoms with van der Waals surface area (Å²) in [5, 5.41) is -0.620. The van der Waals surface area contributed by atoms with Gasteiger partial charge in [-0.2, -0.15) is 0 Å². The number of esters is 1. The summed E-state index contributed by atoms with van der Waals surface area (Å²) in [4.78, 5) is 29.8. The highest BCUT2D eigenvalue weighted by molar-refractivity contribution is 7.46. The fraction of sp³-hybridized carbons (Fsp3) is 0.0625. The maximum absolute atomic E-state index is 12.2. The van der Waals surface area contributed by atoms with Crippen molar-refractivity contribution in [3.63, 3.8) is 0 Å². The zero-order valence-corrected chi connectivity index (χ0v) is 18.4. The third-order valence-electron chi connectivity index (χ3n) is 3.24. The van der Waals surface area contributed by atoms with Crippen molar-refractivity contribution in [1.82, 2.24) is 0 Å². The SMILES string of the molecule is CC(=CC(=O)Oc1c(Cl)c(Cl)c(Cl)c(Cl)c1Cl)c1ccc(OP(=O)(O)O)cc1. The maximum Gasteiger partial charge on any atom is 0.524 e. The number of allylic oxidation sites excluding steroid dienone is 1. The van der Waals surface area contributed by atoms with Gasteiger partial charge in [0.1, 0.15) is 15.8 Å². The molecule has 0 saturated carbocycles. The first-order valence-electron chi connectivity index (χ1n) is 7.18. The number of rotatable bonds is 5. The molecule has 0 atom stereocenters. The Balaban J connectivity index is 2.22. The summed E-state index contributed by atoms with van der Waals surface area (Å²) in [6.07, 6.45) is 1.15. The van der Waals surface area contributed by atoms with Crippen LogP contribution in [-0.2, 0) is 9.36 Å². The van der Waals surface area contributed by atoms with Crippen molar-refractivity contribution in [3.05, 3.63) is 61.0 Å². The lowest BCUT2D eigenvalue weighted by atomic mass is 10.1. The van der Waals surface area contributed by atoms with Crippen molar-refractivity contribution in [3.8, 4) is 11.5 Å². The molecule has 2 rings (SSSR count). The molecule has 0 saturated heterocycles. The predicted molar refractivity (Wildman–Crippen MR) is 110 cm³/mol. The van der Waals surface area contributed by atoms with Gasteiger partial charge >= 0.3 is 13.8 Å². The van der Waals surface area contributed by atoms with Gasteiger partial charge in [-0.05, 0) is 30.2 Å². The van der Waals surface area contributed by atoms with Crippen LogP contribution < -0.4 is 9.26 Å². The number of halogens is 5. The van der Waals surface area contributed by atoms with E-state index in [1.807, 2.05) is 0 Å². The van der Waals surface area contributed by atoms with Gasteiger partial charge in [0.2, 0.25) is 0 Å². The number of ether oxygens (including phenoxy) is 1. The number of carbonyl (C=O) groups is 1. The predicted octanol–water partition coefficient (Wildman–Crippen LogP) is 6.43. The van der Waals surface area contributed by atoms with Crippen molar-refractivity contribution in [2.24, 2.45) is 0 Å². The quantitative estimate of drug-likeness (QED) is 0.121. The summed E-state index contributed by atoms with van der Waals surface area (Å²) in [7, 11) is -4.65. The second kappa shape index (κ2) is 9.24. The minimum Gasteiger partial charge on any atom is -0.420 e. The van der Waals surface area contributed by atoms with Crippen LogP contribution in [0.15, 0.2) is 30.3 Å². The minimum atomic E-state index is -4.65. The summed E-state index contributed by atoms with van der Waals surface area (Å²) in [6, 6.07) is 5.67. The molecule has 0 aliphatic heterocycles. The van der Waals surface area contributed by atoms with E-state index >= 15 is 0 Å². The van der Waals surface area contributed by atoms with Crippen molar-refractivity contribution in [2.45, 2.75) is 6.92 Å². The highest BCUT2D eigenvalue weighted by atomic mass is 35.5. The van der Waals surface area contributed by atoms with Crippen LogP contribution in [0.3, 0.4) is 0 Å². The molecule has 2 aromatic rings. The molecule has 12 heteroatoms. The van der Waals surface area contributed by atoms with E-state index in [1.54, 1.807) is 6.92 Å². The number of benzene rings is 2. The molecule has 0 aliphatic rings. The Bertz CT molecular complexity index is 971. The zero-order valence-electron chi connectivity index (χ0n) is 13.8.